The Bertz CT molecular complexity index is 1240. The summed E-state index contributed by atoms with van der Waals surface area (Å²) in [6, 6.07) is 10.6. The van der Waals surface area contributed by atoms with Crippen molar-refractivity contribution in [1.29, 1.82) is 0 Å². The molecule has 0 aliphatic heterocycles. The highest BCUT2D eigenvalue weighted by molar-refractivity contribution is 7.15. The Hall–Kier alpha value is -3.26. The summed E-state index contributed by atoms with van der Waals surface area (Å²) in [7, 11) is 0. The molecule has 0 spiro atoms. The quantitative estimate of drug-likeness (QED) is 0.407. The lowest BCUT2D eigenvalue weighted by atomic mass is 10.2. The van der Waals surface area contributed by atoms with E-state index in [9.17, 15) is 9.59 Å². The van der Waals surface area contributed by atoms with Crippen LogP contribution in [0.15, 0.2) is 45.6 Å². The highest BCUT2D eigenvalue weighted by Gasteiger charge is 2.16. The summed E-state index contributed by atoms with van der Waals surface area (Å²) >= 11 is 1.22. The molecule has 0 radical (unpaired) electrons. The van der Waals surface area contributed by atoms with Gasteiger partial charge in [-0.1, -0.05) is 23.5 Å². The second kappa shape index (κ2) is 6.23. The van der Waals surface area contributed by atoms with Crippen LogP contribution in [0.25, 0.3) is 22.4 Å². The standard InChI is InChI=1S/C18H13N3O4S/c1-10-7-8-12(24-10)9-15-17(23)21-18(26-15)19-16(20-21)13-5-3-4-6-14(13)25-11(2)22/h3-9H,1-2H3. The van der Waals surface area contributed by atoms with Crippen molar-refractivity contribution in [3.05, 3.63) is 62.8 Å². The Balaban J connectivity index is 1.80. The molecule has 0 N–H and O–H groups in total. The van der Waals surface area contributed by atoms with Crippen LogP contribution in [0.3, 0.4) is 0 Å². The van der Waals surface area contributed by atoms with Crippen LogP contribution in [0.4, 0.5) is 0 Å². The van der Waals surface area contributed by atoms with Gasteiger partial charge in [0.1, 0.15) is 21.8 Å². The average Bonchev–Trinajstić information content (AvgIpc) is 3.26. The van der Waals surface area contributed by atoms with Crippen LogP contribution in [0.2, 0.25) is 0 Å². The van der Waals surface area contributed by atoms with E-state index in [-0.39, 0.29) is 5.56 Å². The topological polar surface area (TPSA) is 86.7 Å². The normalized spacial score (nSPS) is 12.0. The number of hydrogen-bond acceptors (Lipinski definition) is 7. The molecule has 0 atom stereocenters. The number of nitrogens with zero attached hydrogens (tertiary/aromatic N) is 3. The molecule has 0 aliphatic carbocycles. The molecule has 0 saturated heterocycles. The van der Waals surface area contributed by atoms with E-state index in [1.54, 1.807) is 36.4 Å². The molecule has 0 saturated carbocycles. The third-order valence-electron chi connectivity index (χ3n) is 3.60. The summed E-state index contributed by atoms with van der Waals surface area (Å²) in [6.45, 7) is 3.16. The van der Waals surface area contributed by atoms with E-state index >= 15 is 0 Å². The van der Waals surface area contributed by atoms with Gasteiger partial charge in [0.05, 0.1) is 5.56 Å². The molecule has 0 amide bonds. The van der Waals surface area contributed by atoms with Crippen molar-refractivity contribution in [2.24, 2.45) is 0 Å². The van der Waals surface area contributed by atoms with Gasteiger partial charge in [-0.3, -0.25) is 9.59 Å². The third-order valence-corrected chi connectivity index (χ3v) is 4.56. The maximum Gasteiger partial charge on any atom is 0.308 e. The van der Waals surface area contributed by atoms with Gasteiger partial charge < -0.3 is 9.15 Å². The minimum atomic E-state index is -0.436. The summed E-state index contributed by atoms with van der Waals surface area (Å²) in [5.74, 6) is 1.61. The third kappa shape index (κ3) is 2.91. The van der Waals surface area contributed by atoms with Gasteiger partial charge in [-0.15, -0.1) is 5.10 Å². The molecule has 0 fully saturated rings. The number of ether oxygens (including phenoxy) is 1. The smallest absolute Gasteiger partial charge is 0.308 e. The predicted molar refractivity (Wildman–Crippen MR) is 96.1 cm³/mol. The first-order valence-electron chi connectivity index (χ1n) is 7.77. The summed E-state index contributed by atoms with van der Waals surface area (Å²) in [5.41, 5.74) is 0.271. The number of hydrogen-bond donors (Lipinski definition) is 0. The van der Waals surface area contributed by atoms with Crippen molar-refractivity contribution in [2.75, 3.05) is 0 Å². The van der Waals surface area contributed by atoms with Gasteiger partial charge >= 0.3 is 5.97 Å². The van der Waals surface area contributed by atoms with Gasteiger partial charge in [0.15, 0.2) is 5.82 Å². The highest BCUT2D eigenvalue weighted by Crippen LogP contribution is 2.27. The summed E-state index contributed by atoms with van der Waals surface area (Å²) in [6.07, 6.45) is 1.67. The maximum atomic E-state index is 12.6. The Morgan fingerprint density at radius 3 is 2.77 bits per heavy atom. The Morgan fingerprint density at radius 1 is 1.27 bits per heavy atom. The van der Waals surface area contributed by atoms with Crippen LogP contribution in [0.5, 0.6) is 5.75 Å². The number of para-hydroxylation sites is 1. The van der Waals surface area contributed by atoms with Crippen LogP contribution < -0.4 is 14.8 Å². The molecule has 7 nitrogen and oxygen atoms in total. The monoisotopic (exact) mass is 367 g/mol. The number of carbonyl (C=O) groups excluding carboxylic acids is 1. The zero-order chi connectivity index (χ0) is 18.3. The van der Waals surface area contributed by atoms with E-state index in [0.717, 1.165) is 5.76 Å². The van der Waals surface area contributed by atoms with Gasteiger partial charge in [-0.25, -0.2) is 0 Å². The molecule has 4 rings (SSSR count). The molecule has 130 valence electrons. The molecule has 0 unspecified atom stereocenters. The second-order valence-corrected chi connectivity index (χ2v) is 6.59. The van der Waals surface area contributed by atoms with E-state index in [2.05, 4.69) is 10.1 Å². The van der Waals surface area contributed by atoms with Gasteiger partial charge in [-0.2, -0.15) is 9.50 Å². The van der Waals surface area contributed by atoms with Crippen molar-refractivity contribution in [3.8, 4) is 17.1 Å². The number of rotatable bonds is 3. The van der Waals surface area contributed by atoms with Gasteiger partial charge in [0.2, 0.25) is 4.96 Å². The van der Waals surface area contributed by atoms with Crippen LogP contribution in [-0.4, -0.2) is 20.6 Å². The fourth-order valence-electron chi connectivity index (χ4n) is 2.50. The van der Waals surface area contributed by atoms with Crippen molar-refractivity contribution >= 4 is 28.3 Å². The molecule has 1 aromatic carbocycles. The molecular weight excluding hydrogens is 354 g/mol. The Labute approximate surface area is 151 Å². The van der Waals surface area contributed by atoms with Crippen molar-refractivity contribution in [1.82, 2.24) is 14.6 Å². The maximum absolute atomic E-state index is 12.6. The number of aryl methyl sites for hydroxylation is 1. The number of esters is 1. The number of aromatic nitrogens is 3. The molecule has 3 heterocycles. The zero-order valence-electron chi connectivity index (χ0n) is 13.9. The number of thiazole rings is 1. The van der Waals surface area contributed by atoms with E-state index < -0.39 is 5.97 Å². The number of carbonyl (C=O) groups is 1. The lowest BCUT2D eigenvalue weighted by molar-refractivity contribution is -0.131. The summed E-state index contributed by atoms with van der Waals surface area (Å²) < 4.78 is 12.4. The molecule has 8 heteroatoms. The van der Waals surface area contributed by atoms with Crippen molar-refractivity contribution < 1.29 is 13.9 Å². The van der Waals surface area contributed by atoms with E-state index in [0.29, 0.717) is 32.4 Å². The van der Waals surface area contributed by atoms with Gasteiger partial charge in [-0.05, 0) is 31.2 Å². The molecule has 3 aromatic heterocycles. The number of fused-ring (bicyclic) bond motifs is 1. The van der Waals surface area contributed by atoms with Gasteiger partial charge in [0, 0.05) is 13.0 Å². The van der Waals surface area contributed by atoms with Crippen LogP contribution >= 0.6 is 11.3 Å². The van der Waals surface area contributed by atoms with Crippen molar-refractivity contribution in [2.45, 2.75) is 13.8 Å². The number of benzene rings is 1. The first-order valence-corrected chi connectivity index (χ1v) is 8.58. The minimum Gasteiger partial charge on any atom is -0.462 e. The number of furan rings is 1. The summed E-state index contributed by atoms with van der Waals surface area (Å²) in [5, 5.41) is 4.28. The highest BCUT2D eigenvalue weighted by atomic mass is 32.1. The predicted octanol–water partition coefficient (Wildman–Crippen LogP) is 2.19. The Morgan fingerprint density at radius 2 is 2.08 bits per heavy atom. The average molecular weight is 367 g/mol. The van der Waals surface area contributed by atoms with Crippen LogP contribution in [0, 0.1) is 6.92 Å². The first-order chi connectivity index (χ1) is 12.5. The van der Waals surface area contributed by atoms with Crippen LogP contribution in [0.1, 0.15) is 18.4 Å². The van der Waals surface area contributed by atoms with Crippen LogP contribution in [-0.2, 0) is 4.79 Å². The van der Waals surface area contributed by atoms with E-state index in [4.69, 9.17) is 9.15 Å². The minimum absolute atomic E-state index is 0.275. The fraction of sp³-hybridized carbons (Fsp3) is 0.111. The molecule has 0 aliphatic rings. The Kier molecular flexibility index (Phi) is 3.89. The van der Waals surface area contributed by atoms with E-state index in [1.165, 1.54) is 22.8 Å². The fourth-order valence-corrected chi connectivity index (χ4v) is 3.39. The molecule has 4 aromatic rings. The summed E-state index contributed by atoms with van der Waals surface area (Å²) in [4.78, 5) is 28.7. The largest absolute Gasteiger partial charge is 0.462 e. The lowest BCUT2D eigenvalue weighted by Crippen LogP contribution is -2.23. The molecular formula is C18H13N3O4S. The second-order valence-electron chi connectivity index (χ2n) is 5.58. The SMILES string of the molecule is CC(=O)Oc1ccccc1-c1nc2sc(=Cc3ccc(C)o3)c(=O)n2n1. The lowest BCUT2D eigenvalue weighted by Gasteiger charge is -2.04. The molecule has 0 bridgehead atoms. The van der Waals surface area contributed by atoms with Gasteiger partial charge in [0.25, 0.3) is 5.56 Å². The van der Waals surface area contributed by atoms with E-state index in [1.807, 2.05) is 13.0 Å². The first kappa shape index (κ1) is 16.2. The zero-order valence-corrected chi connectivity index (χ0v) is 14.7. The van der Waals surface area contributed by atoms with Crippen molar-refractivity contribution in [3.63, 3.8) is 0 Å². The molecule has 26 heavy (non-hydrogen) atoms.